The van der Waals surface area contributed by atoms with Crippen LogP contribution >= 0.6 is 0 Å². The molecule has 1 N–H and O–H groups in total. The number of aromatic nitrogens is 2. The van der Waals surface area contributed by atoms with E-state index in [0.717, 1.165) is 44.2 Å². The molecule has 1 aromatic rings. The van der Waals surface area contributed by atoms with Crippen molar-refractivity contribution in [1.29, 1.82) is 0 Å². The predicted octanol–water partition coefficient (Wildman–Crippen LogP) is 2.53. The molecule has 0 amide bonds. The highest BCUT2D eigenvalue weighted by Gasteiger charge is 2.06. The Morgan fingerprint density at radius 1 is 1.19 bits per heavy atom. The van der Waals surface area contributed by atoms with Crippen LogP contribution in [0.4, 0.5) is 11.8 Å². The van der Waals surface area contributed by atoms with Gasteiger partial charge in [-0.1, -0.05) is 13.8 Å². The molecule has 1 rings (SSSR count). The van der Waals surface area contributed by atoms with Crippen molar-refractivity contribution >= 4 is 11.8 Å². The topological polar surface area (TPSA) is 41.1 Å². The summed E-state index contributed by atoms with van der Waals surface area (Å²) in [5.41, 5.74) is 0. The van der Waals surface area contributed by atoms with Crippen molar-refractivity contribution in [3.63, 3.8) is 0 Å². The first kappa shape index (κ1) is 12.7. The number of hydrogen-bond acceptors (Lipinski definition) is 4. The Labute approximate surface area is 98.1 Å². The Morgan fingerprint density at radius 2 is 1.88 bits per heavy atom. The van der Waals surface area contributed by atoms with Gasteiger partial charge in [-0.05, 0) is 25.8 Å². The number of anilines is 2. The van der Waals surface area contributed by atoms with Crippen LogP contribution < -0.4 is 10.2 Å². The molecule has 0 fully saturated rings. The summed E-state index contributed by atoms with van der Waals surface area (Å²) in [6, 6.07) is 1.98. The highest BCUT2D eigenvalue weighted by molar-refractivity contribution is 5.42. The molecule has 0 spiro atoms. The van der Waals surface area contributed by atoms with Crippen LogP contribution in [-0.2, 0) is 0 Å². The summed E-state index contributed by atoms with van der Waals surface area (Å²) < 4.78 is 0. The number of nitrogens with zero attached hydrogens (tertiary/aromatic N) is 3. The van der Waals surface area contributed by atoms with Gasteiger partial charge in [0.05, 0.1) is 0 Å². The molecule has 0 aliphatic heterocycles. The smallest absolute Gasteiger partial charge is 0.224 e. The van der Waals surface area contributed by atoms with E-state index in [2.05, 4.69) is 34.0 Å². The van der Waals surface area contributed by atoms with E-state index in [1.165, 1.54) is 0 Å². The number of nitrogens with one attached hydrogen (secondary N) is 1. The quantitative estimate of drug-likeness (QED) is 0.769. The van der Waals surface area contributed by atoms with E-state index < -0.39 is 0 Å². The lowest BCUT2D eigenvalue weighted by atomic mass is 10.3. The summed E-state index contributed by atoms with van der Waals surface area (Å²) in [7, 11) is 0. The molecule has 0 unspecified atom stereocenters. The Kier molecular flexibility index (Phi) is 5.61. The summed E-state index contributed by atoms with van der Waals surface area (Å²) >= 11 is 0. The van der Waals surface area contributed by atoms with Crippen LogP contribution in [0.25, 0.3) is 0 Å². The maximum absolute atomic E-state index is 4.50. The molecule has 0 aliphatic rings. The van der Waals surface area contributed by atoms with Crippen LogP contribution in [0, 0.1) is 0 Å². The van der Waals surface area contributed by atoms with E-state index in [-0.39, 0.29) is 0 Å². The van der Waals surface area contributed by atoms with E-state index in [1.54, 1.807) is 0 Å². The molecular formula is C12H22N4. The first-order chi connectivity index (χ1) is 7.81. The van der Waals surface area contributed by atoms with E-state index >= 15 is 0 Å². The second-order valence-corrected chi connectivity index (χ2v) is 3.76. The van der Waals surface area contributed by atoms with Crippen LogP contribution in [0.2, 0.25) is 0 Å². The fourth-order valence-electron chi connectivity index (χ4n) is 1.65. The number of hydrogen-bond donors (Lipinski definition) is 1. The van der Waals surface area contributed by atoms with E-state index in [1.807, 2.05) is 19.2 Å². The lowest BCUT2D eigenvalue weighted by Gasteiger charge is -2.22. The molecule has 0 saturated heterocycles. The van der Waals surface area contributed by atoms with Crippen molar-refractivity contribution in [2.24, 2.45) is 0 Å². The van der Waals surface area contributed by atoms with Crippen molar-refractivity contribution < 1.29 is 0 Å². The maximum atomic E-state index is 4.50. The lowest BCUT2D eigenvalue weighted by Crippen LogP contribution is -2.26. The molecule has 4 nitrogen and oxygen atoms in total. The summed E-state index contributed by atoms with van der Waals surface area (Å²) in [6.07, 6.45) is 4.10. The van der Waals surface area contributed by atoms with Crippen molar-refractivity contribution in [1.82, 2.24) is 9.97 Å². The van der Waals surface area contributed by atoms with Gasteiger partial charge in [-0.3, -0.25) is 0 Å². The van der Waals surface area contributed by atoms with Crippen molar-refractivity contribution in [2.75, 3.05) is 29.9 Å². The standard InChI is InChI=1S/C12H22N4/c1-4-9-16(10-5-2)11-7-8-14-12(15-11)13-6-3/h7-8H,4-6,9-10H2,1-3H3,(H,13,14,15). The van der Waals surface area contributed by atoms with Gasteiger partial charge < -0.3 is 10.2 Å². The Hall–Kier alpha value is -1.32. The van der Waals surface area contributed by atoms with Crippen molar-refractivity contribution in [3.05, 3.63) is 12.3 Å². The fourth-order valence-corrected chi connectivity index (χ4v) is 1.65. The summed E-state index contributed by atoms with van der Waals surface area (Å²) in [5.74, 6) is 1.74. The maximum Gasteiger partial charge on any atom is 0.224 e. The second-order valence-electron chi connectivity index (χ2n) is 3.76. The predicted molar refractivity (Wildman–Crippen MR) is 69.0 cm³/mol. The molecule has 90 valence electrons. The zero-order valence-electron chi connectivity index (χ0n) is 10.5. The average molecular weight is 222 g/mol. The largest absolute Gasteiger partial charge is 0.356 e. The molecular weight excluding hydrogens is 200 g/mol. The highest BCUT2D eigenvalue weighted by atomic mass is 15.2. The van der Waals surface area contributed by atoms with Crippen molar-refractivity contribution in [3.8, 4) is 0 Å². The molecule has 0 atom stereocenters. The van der Waals surface area contributed by atoms with Crippen LogP contribution in [0.1, 0.15) is 33.6 Å². The second kappa shape index (κ2) is 7.04. The summed E-state index contributed by atoms with van der Waals surface area (Å²) in [5, 5.41) is 3.14. The third-order valence-electron chi connectivity index (χ3n) is 2.29. The highest BCUT2D eigenvalue weighted by Crippen LogP contribution is 2.12. The van der Waals surface area contributed by atoms with Gasteiger partial charge in [0.2, 0.25) is 5.95 Å². The van der Waals surface area contributed by atoms with Gasteiger partial charge in [-0.15, -0.1) is 0 Å². The molecule has 0 saturated carbocycles. The van der Waals surface area contributed by atoms with Gasteiger partial charge in [-0.2, -0.15) is 4.98 Å². The van der Waals surface area contributed by atoms with Gasteiger partial charge in [0.25, 0.3) is 0 Å². The fraction of sp³-hybridized carbons (Fsp3) is 0.667. The van der Waals surface area contributed by atoms with Crippen LogP contribution in [0.3, 0.4) is 0 Å². The monoisotopic (exact) mass is 222 g/mol. The third kappa shape index (κ3) is 3.68. The van der Waals surface area contributed by atoms with E-state index in [9.17, 15) is 0 Å². The molecule has 0 bridgehead atoms. The third-order valence-corrected chi connectivity index (χ3v) is 2.29. The molecule has 0 aromatic carbocycles. The van der Waals surface area contributed by atoms with Crippen molar-refractivity contribution in [2.45, 2.75) is 33.6 Å². The van der Waals surface area contributed by atoms with Gasteiger partial charge >= 0.3 is 0 Å². The minimum absolute atomic E-state index is 0.720. The van der Waals surface area contributed by atoms with Gasteiger partial charge in [0.1, 0.15) is 5.82 Å². The Morgan fingerprint density at radius 3 is 2.44 bits per heavy atom. The van der Waals surface area contributed by atoms with Gasteiger partial charge in [0, 0.05) is 25.8 Å². The summed E-state index contributed by atoms with van der Waals surface area (Å²) in [6.45, 7) is 9.38. The SMILES string of the molecule is CCCN(CCC)c1ccnc(NCC)n1. The molecule has 4 heteroatoms. The van der Waals surface area contributed by atoms with E-state index in [0.29, 0.717) is 0 Å². The van der Waals surface area contributed by atoms with Crippen LogP contribution in [-0.4, -0.2) is 29.6 Å². The van der Waals surface area contributed by atoms with E-state index in [4.69, 9.17) is 0 Å². The summed E-state index contributed by atoms with van der Waals surface area (Å²) in [4.78, 5) is 11.0. The normalized spacial score (nSPS) is 10.2. The van der Waals surface area contributed by atoms with Crippen LogP contribution in [0.5, 0.6) is 0 Å². The minimum atomic E-state index is 0.720. The van der Waals surface area contributed by atoms with Crippen LogP contribution in [0.15, 0.2) is 12.3 Å². The molecule has 1 heterocycles. The lowest BCUT2D eigenvalue weighted by molar-refractivity contribution is 0.733. The molecule has 0 radical (unpaired) electrons. The Bertz CT molecular complexity index is 295. The number of rotatable bonds is 7. The average Bonchev–Trinajstić information content (AvgIpc) is 2.30. The zero-order chi connectivity index (χ0) is 11.8. The molecule has 1 aromatic heterocycles. The Balaban J connectivity index is 2.77. The molecule has 0 aliphatic carbocycles. The zero-order valence-corrected chi connectivity index (χ0v) is 10.5. The molecule has 16 heavy (non-hydrogen) atoms. The van der Waals surface area contributed by atoms with Gasteiger partial charge in [-0.25, -0.2) is 4.98 Å². The van der Waals surface area contributed by atoms with Gasteiger partial charge in [0.15, 0.2) is 0 Å². The minimum Gasteiger partial charge on any atom is -0.356 e. The first-order valence-electron chi connectivity index (χ1n) is 6.13. The first-order valence-corrected chi connectivity index (χ1v) is 6.13.